The van der Waals surface area contributed by atoms with Gasteiger partial charge in [0, 0.05) is 0 Å². The van der Waals surface area contributed by atoms with Crippen LogP contribution in [0.3, 0.4) is 0 Å². The minimum absolute atomic E-state index is 0.0234. The average molecular weight is 253 g/mol. The van der Waals surface area contributed by atoms with Gasteiger partial charge in [0.25, 0.3) is 0 Å². The molecular weight excluding hydrogens is 242 g/mol. The molecule has 1 aromatic rings. The number of aromatic nitrogens is 1. The molecule has 0 saturated heterocycles. The fourth-order valence-corrected chi connectivity index (χ4v) is 1.23. The molecular formula is C9H11Cl2FN2O. The molecule has 0 atom stereocenters. The first-order valence-corrected chi connectivity index (χ1v) is 5.11. The standard InChI is InChI=1S/C9H11Cl2FN2O/c1-4(2)3-15-9-6(11)7(13)5(10)8(12)14-9/h4H,3H2,1-2H3,(H2,13,14). The summed E-state index contributed by atoms with van der Waals surface area (Å²) in [4.78, 5) is 3.47. The Bertz CT molecular complexity index is 372. The lowest BCUT2D eigenvalue weighted by Crippen LogP contribution is -2.08. The molecule has 0 aliphatic rings. The average Bonchev–Trinajstić information content (AvgIpc) is 2.18. The quantitative estimate of drug-likeness (QED) is 0.841. The second kappa shape index (κ2) is 4.86. The molecule has 0 unspecified atom stereocenters. The number of nitrogens with zero attached hydrogens (tertiary/aromatic N) is 1. The van der Waals surface area contributed by atoms with E-state index in [2.05, 4.69) is 4.98 Å². The lowest BCUT2D eigenvalue weighted by Gasteiger charge is -2.11. The summed E-state index contributed by atoms with van der Waals surface area (Å²) >= 11 is 11.3. The second-order valence-corrected chi connectivity index (χ2v) is 4.21. The Labute approximate surface area is 97.3 Å². The fourth-order valence-electron chi connectivity index (χ4n) is 0.851. The minimum atomic E-state index is -0.877. The number of nitrogens with two attached hydrogens (primary N) is 1. The van der Waals surface area contributed by atoms with Crippen LogP contribution in [0.2, 0.25) is 10.0 Å². The van der Waals surface area contributed by atoms with Crippen molar-refractivity contribution in [3.8, 4) is 5.88 Å². The highest BCUT2D eigenvalue weighted by Gasteiger charge is 2.16. The minimum Gasteiger partial charge on any atom is -0.476 e. The van der Waals surface area contributed by atoms with E-state index in [1.165, 1.54) is 0 Å². The van der Waals surface area contributed by atoms with Crippen LogP contribution in [0.25, 0.3) is 0 Å². The van der Waals surface area contributed by atoms with Crippen LogP contribution in [0.1, 0.15) is 13.8 Å². The largest absolute Gasteiger partial charge is 0.476 e. The van der Waals surface area contributed by atoms with Gasteiger partial charge in [0.2, 0.25) is 11.8 Å². The molecule has 84 valence electrons. The molecule has 0 spiro atoms. The number of ether oxygens (including phenoxy) is 1. The number of anilines is 1. The first kappa shape index (κ1) is 12.3. The van der Waals surface area contributed by atoms with Gasteiger partial charge >= 0.3 is 0 Å². The summed E-state index contributed by atoms with van der Waals surface area (Å²) in [6, 6.07) is 0. The molecule has 0 aliphatic heterocycles. The van der Waals surface area contributed by atoms with Crippen LogP contribution in [0.4, 0.5) is 10.1 Å². The lowest BCUT2D eigenvalue weighted by atomic mass is 10.2. The van der Waals surface area contributed by atoms with Gasteiger partial charge in [-0.05, 0) is 5.92 Å². The van der Waals surface area contributed by atoms with E-state index < -0.39 is 5.95 Å². The summed E-state index contributed by atoms with van der Waals surface area (Å²) in [6.07, 6.45) is 0. The van der Waals surface area contributed by atoms with E-state index in [4.69, 9.17) is 33.7 Å². The van der Waals surface area contributed by atoms with Gasteiger partial charge in [-0.1, -0.05) is 37.0 Å². The summed E-state index contributed by atoms with van der Waals surface area (Å²) in [6.45, 7) is 4.28. The predicted octanol–water partition coefficient (Wildman–Crippen LogP) is 3.14. The van der Waals surface area contributed by atoms with Crippen LogP contribution in [0.5, 0.6) is 5.88 Å². The molecule has 0 bridgehead atoms. The second-order valence-electron chi connectivity index (χ2n) is 3.45. The van der Waals surface area contributed by atoms with Crippen molar-refractivity contribution in [2.75, 3.05) is 12.3 Å². The predicted molar refractivity (Wildman–Crippen MR) is 59.0 cm³/mol. The van der Waals surface area contributed by atoms with Gasteiger partial charge in [-0.3, -0.25) is 0 Å². The Balaban J connectivity index is 2.99. The number of halogens is 3. The maximum Gasteiger partial charge on any atom is 0.237 e. The zero-order valence-corrected chi connectivity index (χ0v) is 9.86. The van der Waals surface area contributed by atoms with Crippen molar-refractivity contribution < 1.29 is 9.13 Å². The molecule has 0 fully saturated rings. The summed E-state index contributed by atoms with van der Waals surface area (Å²) in [5.74, 6) is -0.620. The van der Waals surface area contributed by atoms with E-state index in [1.54, 1.807) is 0 Å². The van der Waals surface area contributed by atoms with E-state index in [1.807, 2.05) is 13.8 Å². The maximum atomic E-state index is 13.1. The number of hydrogen-bond donors (Lipinski definition) is 1. The lowest BCUT2D eigenvalue weighted by molar-refractivity contribution is 0.258. The summed E-state index contributed by atoms with van der Waals surface area (Å²) < 4.78 is 18.3. The van der Waals surface area contributed by atoms with Crippen LogP contribution in [0.15, 0.2) is 0 Å². The van der Waals surface area contributed by atoms with E-state index >= 15 is 0 Å². The maximum absolute atomic E-state index is 13.1. The molecule has 2 N–H and O–H groups in total. The molecule has 1 heterocycles. The first-order chi connectivity index (χ1) is 6.93. The zero-order valence-electron chi connectivity index (χ0n) is 8.35. The topological polar surface area (TPSA) is 48.1 Å². The molecule has 0 saturated carbocycles. The van der Waals surface area contributed by atoms with Crippen LogP contribution >= 0.6 is 23.2 Å². The Morgan fingerprint density at radius 1 is 1.40 bits per heavy atom. The number of rotatable bonds is 3. The summed E-state index contributed by atoms with van der Waals surface area (Å²) in [5, 5.41) is -0.237. The van der Waals surface area contributed by atoms with Gasteiger partial charge in [-0.15, -0.1) is 0 Å². The van der Waals surface area contributed by atoms with E-state index in [9.17, 15) is 4.39 Å². The third-order valence-electron chi connectivity index (χ3n) is 1.59. The van der Waals surface area contributed by atoms with Gasteiger partial charge in [0.1, 0.15) is 10.0 Å². The third-order valence-corrected chi connectivity index (χ3v) is 2.32. The van der Waals surface area contributed by atoms with Gasteiger partial charge in [-0.2, -0.15) is 9.37 Å². The Morgan fingerprint density at radius 2 is 2.00 bits per heavy atom. The molecule has 0 amide bonds. The van der Waals surface area contributed by atoms with E-state index in [-0.39, 0.29) is 27.5 Å². The zero-order chi connectivity index (χ0) is 11.6. The molecule has 15 heavy (non-hydrogen) atoms. The number of pyridine rings is 1. The molecule has 0 radical (unpaired) electrons. The monoisotopic (exact) mass is 252 g/mol. The van der Waals surface area contributed by atoms with Crippen LogP contribution in [0, 0.1) is 11.9 Å². The summed E-state index contributed by atoms with van der Waals surface area (Å²) in [7, 11) is 0. The highest BCUT2D eigenvalue weighted by Crippen LogP contribution is 2.35. The van der Waals surface area contributed by atoms with Crippen molar-refractivity contribution >= 4 is 28.9 Å². The smallest absolute Gasteiger partial charge is 0.237 e. The Kier molecular flexibility index (Phi) is 3.99. The van der Waals surface area contributed by atoms with Crippen molar-refractivity contribution in [2.24, 2.45) is 5.92 Å². The first-order valence-electron chi connectivity index (χ1n) is 4.36. The molecule has 1 rings (SSSR count). The van der Waals surface area contributed by atoms with Crippen molar-refractivity contribution in [3.63, 3.8) is 0 Å². The highest BCUT2D eigenvalue weighted by molar-refractivity contribution is 6.39. The van der Waals surface area contributed by atoms with Gasteiger partial charge in [0.15, 0.2) is 0 Å². The van der Waals surface area contributed by atoms with Crippen LogP contribution in [-0.2, 0) is 0 Å². The van der Waals surface area contributed by atoms with Crippen molar-refractivity contribution in [3.05, 3.63) is 16.0 Å². The van der Waals surface area contributed by atoms with Crippen molar-refractivity contribution in [1.82, 2.24) is 4.98 Å². The molecule has 3 nitrogen and oxygen atoms in total. The Morgan fingerprint density at radius 3 is 2.53 bits per heavy atom. The van der Waals surface area contributed by atoms with Crippen molar-refractivity contribution in [2.45, 2.75) is 13.8 Å². The van der Waals surface area contributed by atoms with Crippen LogP contribution < -0.4 is 10.5 Å². The SMILES string of the molecule is CC(C)COc1nc(F)c(Cl)c(N)c1Cl. The van der Waals surface area contributed by atoms with E-state index in [0.29, 0.717) is 6.61 Å². The number of hydrogen-bond acceptors (Lipinski definition) is 3. The van der Waals surface area contributed by atoms with Gasteiger partial charge in [0.05, 0.1) is 12.3 Å². The van der Waals surface area contributed by atoms with Gasteiger partial charge in [-0.25, -0.2) is 0 Å². The molecule has 6 heteroatoms. The number of nitrogen functional groups attached to an aromatic ring is 1. The highest BCUT2D eigenvalue weighted by atomic mass is 35.5. The third kappa shape index (κ3) is 2.86. The summed E-state index contributed by atoms with van der Waals surface area (Å²) in [5.41, 5.74) is 5.41. The van der Waals surface area contributed by atoms with E-state index in [0.717, 1.165) is 0 Å². The molecule has 0 aliphatic carbocycles. The Hall–Kier alpha value is -0.740. The normalized spacial score (nSPS) is 10.8. The fraction of sp³-hybridized carbons (Fsp3) is 0.444. The van der Waals surface area contributed by atoms with Crippen LogP contribution in [-0.4, -0.2) is 11.6 Å². The molecule has 0 aromatic carbocycles. The van der Waals surface area contributed by atoms with Crippen molar-refractivity contribution in [1.29, 1.82) is 0 Å². The van der Waals surface area contributed by atoms with Gasteiger partial charge < -0.3 is 10.5 Å². The molecule has 1 aromatic heterocycles.